The maximum Gasteiger partial charge on any atom is 0.263 e. The van der Waals surface area contributed by atoms with Crippen LogP contribution in [0.3, 0.4) is 0 Å². The maximum atomic E-state index is 12.3. The van der Waals surface area contributed by atoms with Crippen LogP contribution in [0, 0.1) is 0 Å². The van der Waals surface area contributed by atoms with E-state index in [9.17, 15) is 8.42 Å². The van der Waals surface area contributed by atoms with Gasteiger partial charge in [-0.05, 0) is 49.6 Å². The zero-order valence-corrected chi connectivity index (χ0v) is 14.4. The van der Waals surface area contributed by atoms with Crippen molar-refractivity contribution in [1.29, 1.82) is 0 Å². The summed E-state index contributed by atoms with van der Waals surface area (Å²) in [6.07, 6.45) is 1.83. The monoisotopic (exact) mass is 334 g/mol. The van der Waals surface area contributed by atoms with E-state index in [1.807, 2.05) is 13.8 Å². The summed E-state index contributed by atoms with van der Waals surface area (Å²) < 4.78 is 27.1. The Morgan fingerprint density at radius 3 is 2.13 bits per heavy atom. The predicted octanol–water partition coefficient (Wildman–Crippen LogP) is 3.05. The first-order chi connectivity index (χ1) is 10.9. The molecule has 0 bridgehead atoms. The summed E-state index contributed by atoms with van der Waals surface area (Å²) in [5.41, 5.74) is 1.09. The summed E-state index contributed by atoms with van der Waals surface area (Å²) >= 11 is 0. The summed E-state index contributed by atoms with van der Waals surface area (Å²) in [4.78, 5) is 0.207. The van der Waals surface area contributed by atoms with E-state index < -0.39 is 10.0 Å². The molecule has 124 valence electrons. The van der Waals surface area contributed by atoms with Gasteiger partial charge in [0.2, 0.25) is 0 Å². The molecule has 7 heteroatoms. The fourth-order valence-corrected chi connectivity index (χ4v) is 2.92. The molecule has 23 heavy (non-hydrogen) atoms. The van der Waals surface area contributed by atoms with E-state index in [2.05, 4.69) is 27.2 Å². The fourth-order valence-electron chi connectivity index (χ4n) is 1.92. The lowest BCUT2D eigenvalue weighted by Crippen LogP contribution is -2.17. The van der Waals surface area contributed by atoms with Crippen LogP contribution in [0.25, 0.3) is 0 Å². The first-order valence-electron chi connectivity index (χ1n) is 7.66. The van der Waals surface area contributed by atoms with Crippen molar-refractivity contribution in [2.75, 3.05) is 10.0 Å². The number of sulfonamides is 1. The highest BCUT2D eigenvalue weighted by atomic mass is 32.2. The second kappa shape index (κ2) is 7.41. The van der Waals surface area contributed by atoms with Crippen molar-refractivity contribution in [3.05, 3.63) is 42.0 Å². The van der Waals surface area contributed by atoms with Gasteiger partial charge in [0.05, 0.1) is 4.90 Å². The van der Waals surface area contributed by atoms with Crippen molar-refractivity contribution in [3.63, 3.8) is 0 Å². The molecule has 0 saturated carbocycles. The summed E-state index contributed by atoms with van der Waals surface area (Å²) in [6, 6.07) is 10.4. The van der Waals surface area contributed by atoms with Crippen molar-refractivity contribution >= 4 is 21.7 Å². The van der Waals surface area contributed by atoms with E-state index in [0.717, 1.165) is 18.4 Å². The molecular formula is C16H22N4O2S. The number of nitrogens with zero attached hydrogens (tertiary/aromatic N) is 2. The molecule has 1 atom stereocenters. The van der Waals surface area contributed by atoms with Crippen LogP contribution >= 0.6 is 0 Å². The van der Waals surface area contributed by atoms with Crippen molar-refractivity contribution in [3.8, 4) is 0 Å². The van der Waals surface area contributed by atoms with E-state index in [0.29, 0.717) is 5.82 Å². The van der Waals surface area contributed by atoms with Gasteiger partial charge < -0.3 is 5.32 Å². The zero-order valence-electron chi connectivity index (χ0n) is 13.6. The lowest BCUT2D eigenvalue weighted by atomic mass is 10.2. The van der Waals surface area contributed by atoms with Gasteiger partial charge >= 0.3 is 0 Å². The Bertz CT molecular complexity index is 728. The highest BCUT2D eigenvalue weighted by Gasteiger charge is 2.15. The van der Waals surface area contributed by atoms with Gasteiger partial charge in [-0.2, -0.15) is 0 Å². The average Bonchev–Trinajstić information content (AvgIpc) is 2.56. The number of hydrogen-bond donors (Lipinski definition) is 2. The number of aryl methyl sites for hydroxylation is 1. The van der Waals surface area contributed by atoms with Crippen molar-refractivity contribution in [2.24, 2.45) is 0 Å². The molecular weight excluding hydrogens is 312 g/mol. The third-order valence-electron chi connectivity index (χ3n) is 3.55. The lowest BCUT2D eigenvalue weighted by molar-refractivity contribution is 0.601. The molecule has 0 saturated heterocycles. The SMILES string of the molecule is CCc1ccc(S(=O)(=O)Nc2ccc(NC(C)CC)nn2)cc1. The highest BCUT2D eigenvalue weighted by molar-refractivity contribution is 7.92. The number of rotatable bonds is 7. The number of anilines is 2. The van der Waals surface area contributed by atoms with Crippen LogP contribution in [0.1, 0.15) is 32.8 Å². The van der Waals surface area contributed by atoms with Crippen molar-refractivity contribution in [2.45, 2.75) is 44.6 Å². The minimum absolute atomic E-state index is 0.194. The maximum absolute atomic E-state index is 12.3. The molecule has 1 aromatic heterocycles. The van der Waals surface area contributed by atoms with Gasteiger partial charge in [-0.3, -0.25) is 4.72 Å². The number of aromatic nitrogens is 2. The second-order valence-electron chi connectivity index (χ2n) is 5.36. The largest absolute Gasteiger partial charge is 0.366 e. The zero-order chi connectivity index (χ0) is 16.9. The average molecular weight is 334 g/mol. The Hall–Kier alpha value is -2.15. The minimum Gasteiger partial charge on any atom is -0.366 e. The van der Waals surface area contributed by atoms with Gasteiger partial charge in [0.1, 0.15) is 5.82 Å². The van der Waals surface area contributed by atoms with Crippen molar-refractivity contribution < 1.29 is 8.42 Å². The summed E-state index contributed by atoms with van der Waals surface area (Å²) in [5, 5.41) is 11.1. The van der Waals surface area contributed by atoms with Gasteiger partial charge in [-0.1, -0.05) is 26.0 Å². The molecule has 1 heterocycles. The third kappa shape index (κ3) is 4.66. The molecule has 1 unspecified atom stereocenters. The molecule has 0 spiro atoms. The third-order valence-corrected chi connectivity index (χ3v) is 4.92. The molecule has 0 amide bonds. The Kier molecular flexibility index (Phi) is 5.54. The van der Waals surface area contributed by atoms with Crippen LogP contribution < -0.4 is 10.0 Å². The molecule has 0 aliphatic carbocycles. The Balaban J connectivity index is 2.10. The molecule has 2 N–H and O–H groups in total. The van der Waals surface area contributed by atoms with Crippen LogP contribution in [0.2, 0.25) is 0 Å². The second-order valence-corrected chi connectivity index (χ2v) is 7.04. The summed E-state index contributed by atoms with van der Waals surface area (Å²) in [7, 11) is -3.65. The summed E-state index contributed by atoms with van der Waals surface area (Å²) in [5.74, 6) is 0.814. The van der Waals surface area contributed by atoms with E-state index in [1.165, 1.54) is 0 Å². The molecule has 6 nitrogen and oxygen atoms in total. The molecule has 2 aromatic rings. The predicted molar refractivity (Wildman–Crippen MR) is 92.0 cm³/mol. The van der Waals surface area contributed by atoms with Crippen LogP contribution in [0.4, 0.5) is 11.6 Å². The van der Waals surface area contributed by atoms with Gasteiger partial charge in [-0.15, -0.1) is 10.2 Å². The van der Waals surface area contributed by atoms with E-state index in [1.54, 1.807) is 36.4 Å². The smallest absolute Gasteiger partial charge is 0.263 e. The van der Waals surface area contributed by atoms with E-state index >= 15 is 0 Å². The Morgan fingerprint density at radius 2 is 1.61 bits per heavy atom. The van der Waals surface area contributed by atoms with Crippen molar-refractivity contribution in [1.82, 2.24) is 10.2 Å². The lowest BCUT2D eigenvalue weighted by Gasteiger charge is -2.12. The molecule has 0 aliphatic heterocycles. The molecule has 0 aliphatic rings. The number of nitrogens with one attached hydrogen (secondary N) is 2. The summed E-state index contributed by atoms with van der Waals surface area (Å²) in [6.45, 7) is 6.13. The number of benzene rings is 1. The topological polar surface area (TPSA) is 84.0 Å². The van der Waals surface area contributed by atoms with Gasteiger partial charge in [0, 0.05) is 6.04 Å². The highest BCUT2D eigenvalue weighted by Crippen LogP contribution is 2.16. The fraction of sp³-hybridized carbons (Fsp3) is 0.375. The van der Waals surface area contributed by atoms with Gasteiger partial charge in [0.25, 0.3) is 10.0 Å². The van der Waals surface area contributed by atoms with Crippen LogP contribution in [-0.2, 0) is 16.4 Å². The van der Waals surface area contributed by atoms with Crippen LogP contribution in [-0.4, -0.2) is 24.7 Å². The van der Waals surface area contributed by atoms with Gasteiger partial charge in [-0.25, -0.2) is 8.42 Å². The normalized spacial score (nSPS) is 12.7. The van der Waals surface area contributed by atoms with Gasteiger partial charge in [0.15, 0.2) is 5.82 Å². The molecule has 0 fully saturated rings. The Morgan fingerprint density at radius 1 is 1.00 bits per heavy atom. The first kappa shape index (κ1) is 17.2. The first-order valence-corrected chi connectivity index (χ1v) is 9.15. The quantitative estimate of drug-likeness (QED) is 0.813. The molecule has 2 rings (SSSR count). The van der Waals surface area contributed by atoms with E-state index in [-0.39, 0.29) is 16.8 Å². The Labute approximate surface area is 137 Å². The van der Waals surface area contributed by atoms with Crippen LogP contribution in [0.15, 0.2) is 41.3 Å². The standard InChI is InChI=1S/C16H22N4O2S/c1-4-12(3)17-15-10-11-16(19-18-15)20-23(21,22)14-8-6-13(5-2)7-9-14/h6-12H,4-5H2,1-3H3,(H,17,18)(H,19,20). The minimum atomic E-state index is -3.65. The number of hydrogen-bond acceptors (Lipinski definition) is 5. The molecule has 1 aromatic carbocycles. The van der Waals surface area contributed by atoms with Crippen LogP contribution in [0.5, 0.6) is 0 Å². The molecule has 0 radical (unpaired) electrons. The van der Waals surface area contributed by atoms with E-state index in [4.69, 9.17) is 0 Å².